The summed E-state index contributed by atoms with van der Waals surface area (Å²) in [7, 11) is 0. The number of aromatic nitrogens is 4. The molecular weight excluding hydrogens is 270 g/mol. The van der Waals surface area contributed by atoms with Crippen LogP contribution in [0.4, 0.5) is 0 Å². The summed E-state index contributed by atoms with van der Waals surface area (Å²) in [4.78, 5) is 29.8. The molecule has 1 N–H and O–H groups in total. The third-order valence-corrected chi connectivity index (χ3v) is 4.26. The van der Waals surface area contributed by atoms with Crippen molar-refractivity contribution in [2.45, 2.75) is 45.8 Å². The van der Waals surface area contributed by atoms with Crippen molar-refractivity contribution in [1.82, 2.24) is 24.0 Å². The maximum atomic E-state index is 12.8. The Morgan fingerprint density at radius 2 is 1.95 bits per heavy atom. The predicted octanol–water partition coefficient (Wildman–Crippen LogP) is 0.324. The smallest absolute Gasteiger partial charge is 0.325 e. The summed E-state index contributed by atoms with van der Waals surface area (Å²) in [5.41, 5.74) is 0.603. The van der Waals surface area contributed by atoms with Crippen molar-refractivity contribution < 1.29 is 0 Å². The minimum absolute atomic E-state index is 0.0198. The van der Waals surface area contributed by atoms with E-state index < -0.39 is 0 Å². The number of piperidine rings is 1. The van der Waals surface area contributed by atoms with E-state index in [4.69, 9.17) is 0 Å². The van der Waals surface area contributed by atoms with Crippen LogP contribution in [-0.2, 0) is 13.1 Å². The summed E-state index contributed by atoms with van der Waals surface area (Å²) in [5, 5.41) is 3.26. The molecule has 1 aliphatic rings. The van der Waals surface area contributed by atoms with Crippen molar-refractivity contribution in [3.63, 3.8) is 0 Å². The van der Waals surface area contributed by atoms with Crippen molar-refractivity contribution in [3.05, 3.63) is 27.2 Å². The Morgan fingerprint density at radius 3 is 2.57 bits per heavy atom. The van der Waals surface area contributed by atoms with E-state index in [1.54, 1.807) is 10.9 Å². The molecule has 0 spiro atoms. The second-order valence-corrected chi connectivity index (χ2v) is 5.39. The van der Waals surface area contributed by atoms with Gasteiger partial charge in [-0.05, 0) is 39.8 Å². The van der Waals surface area contributed by atoms with Gasteiger partial charge in [0.1, 0.15) is 0 Å². The van der Waals surface area contributed by atoms with Crippen LogP contribution in [0.2, 0.25) is 0 Å². The van der Waals surface area contributed by atoms with E-state index in [-0.39, 0.29) is 17.3 Å². The fourth-order valence-corrected chi connectivity index (χ4v) is 3.12. The average molecular weight is 291 g/mol. The monoisotopic (exact) mass is 291 g/mol. The predicted molar refractivity (Wildman–Crippen MR) is 80.7 cm³/mol. The lowest BCUT2D eigenvalue weighted by Crippen LogP contribution is -2.45. The standard InChI is InChI=1S/C14H21N5O2/c1-3-17-9-16-12-11(17)13(20)19(14(21)18(12)4-2)10-5-7-15-8-6-10/h9-10,15H,3-8H2,1-2H3. The number of imidazole rings is 1. The minimum atomic E-state index is -0.233. The molecule has 0 unspecified atom stereocenters. The molecule has 1 fully saturated rings. The van der Waals surface area contributed by atoms with E-state index in [0.29, 0.717) is 24.3 Å². The minimum Gasteiger partial charge on any atom is -0.325 e. The first-order valence-corrected chi connectivity index (χ1v) is 7.59. The highest BCUT2D eigenvalue weighted by Gasteiger charge is 2.23. The second-order valence-electron chi connectivity index (χ2n) is 5.39. The average Bonchev–Trinajstić information content (AvgIpc) is 2.93. The van der Waals surface area contributed by atoms with Crippen LogP contribution in [0.25, 0.3) is 11.2 Å². The fourth-order valence-electron chi connectivity index (χ4n) is 3.12. The second kappa shape index (κ2) is 5.48. The highest BCUT2D eigenvalue weighted by molar-refractivity contribution is 5.70. The summed E-state index contributed by atoms with van der Waals surface area (Å²) in [6.45, 7) is 6.74. The number of aryl methyl sites for hydroxylation is 2. The Kier molecular flexibility index (Phi) is 3.67. The molecule has 3 heterocycles. The van der Waals surface area contributed by atoms with E-state index in [1.807, 2.05) is 18.4 Å². The van der Waals surface area contributed by atoms with E-state index >= 15 is 0 Å². The van der Waals surface area contributed by atoms with Gasteiger partial charge in [-0.1, -0.05) is 0 Å². The number of hydrogen-bond acceptors (Lipinski definition) is 4. The molecule has 0 amide bonds. The van der Waals surface area contributed by atoms with Crippen molar-refractivity contribution in [2.75, 3.05) is 13.1 Å². The highest BCUT2D eigenvalue weighted by Crippen LogP contribution is 2.16. The van der Waals surface area contributed by atoms with Crippen molar-refractivity contribution in [3.8, 4) is 0 Å². The molecule has 0 bridgehead atoms. The zero-order chi connectivity index (χ0) is 15.0. The van der Waals surface area contributed by atoms with Crippen molar-refractivity contribution in [1.29, 1.82) is 0 Å². The maximum absolute atomic E-state index is 12.8. The molecule has 21 heavy (non-hydrogen) atoms. The molecule has 0 saturated carbocycles. The van der Waals surface area contributed by atoms with Crippen LogP contribution in [0, 0.1) is 0 Å². The Hall–Kier alpha value is -1.89. The molecule has 7 heteroatoms. The normalized spacial score (nSPS) is 16.7. The van der Waals surface area contributed by atoms with E-state index in [1.165, 1.54) is 4.57 Å². The van der Waals surface area contributed by atoms with Crippen molar-refractivity contribution >= 4 is 11.2 Å². The summed E-state index contributed by atoms with van der Waals surface area (Å²) in [5.74, 6) is 0. The quantitative estimate of drug-likeness (QED) is 0.884. The molecule has 0 aromatic carbocycles. The van der Waals surface area contributed by atoms with Gasteiger partial charge in [0.25, 0.3) is 5.56 Å². The zero-order valence-corrected chi connectivity index (χ0v) is 12.5. The third-order valence-electron chi connectivity index (χ3n) is 4.26. The first kappa shape index (κ1) is 14.1. The molecule has 0 aliphatic carbocycles. The van der Waals surface area contributed by atoms with Crippen LogP contribution < -0.4 is 16.6 Å². The Labute approximate surface area is 122 Å². The molecular formula is C14H21N5O2. The van der Waals surface area contributed by atoms with Gasteiger partial charge in [0.15, 0.2) is 11.2 Å². The summed E-state index contributed by atoms with van der Waals surface area (Å²) in [6.07, 6.45) is 3.26. The number of nitrogens with one attached hydrogen (secondary N) is 1. The lowest BCUT2D eigenvalue weighted by Gasteiger charge is -2.24. The third kappa shape index (κ3) is 2.12. The molecule has 0 radical (unpaired) electrons. The first-order chi connectivity index (χ1) is 10.2. The molecule has 7 nitrogen and oxygen atoms in total. The Balaban J connectivity index is 2.33. The van der Waals surface area contributed by atoms with Gasteiger partial charge in [0, 0.05) is 19.1 Å². The molecule has 114 valence electrons. The number of nitrogens with zero attached hydrogens (tertiary/aromatic N) is 4. The first-order valence-electron chi connectivity index (χ1n) is 7.59. The van der Waals surface area contributed by atoms with Crippen LogP contribution in [0.15, 0.2) is 15.9 Å². The summed E-state index contributed by atoms with van der Waals surface area (Å²) in [6, 6.07) is -0.0198. The summed E-state index contributed by atoms with van der Waals surface area (Å²) < 4.78 is 4.87. The van der Waals surface area contributed by atoms with Gasteiger partial charge in [-0.3, -0.25) is 13.9 Å². The van der Waals surface area contributed by atoms with E-state index in [0.717, 1.165) is 25.9 Å². The van der Waals surface area contributed by atoms with E-state index in [2.05, 4.69) is 10.3 Å². The molecule has 1 aliphatic heterocycles. The molecule has 1 saturated heterocycles. The Bertz CT molecular complexity index is 764. The van der Waals surface area contributed by atoms with Gasteiger partial charge in [0.05, 0.1) is 6.33 Å². The van der Waals surface area contributed by atoms with Gasteiger partial charge in [-0.25, -0.2) is 9.78 Å². The molecule has 3 rings (SSSR count). The number of hydrogen-bond donors (Lipinski definition) is 1. The molecule has 2 aromatic rings. The van der Waals surface area contributed by atoms with Crippen LogP contribution >= 0.6 is 0 Å². The molecule has 2 aromatic heterocycles. The van der Waals surface area contributed by atoms with Crippen LogP contribution in [0.3, 0.4) is 0 Å². The maximum Gasteiger partial charge on any atom is 0.332 e. The highest BCUT2D eigenvalue weighted by atomic mass is 16.2. The van der Waals surface area contributed by atoms with Crippen LogP contribution in [0.1, 0.15) is 32.7 Å². The van der Waals surface area contributed by atoms with Crippen LogP contribution in [-0.4, -0.2) is 31.8 Å². The van der Waals surface area contributed by atoms with Gasteiger partial charge in [-0.2, -0.15) is 0 Å². The number of fused-ring (bicyclic) bond motifs is 1. The largest absolute Gasteiger partial charge is 0.332 e. The van der Waals surface area contributed by atoms with Gasteiger partial charge in [0.2, 0.25) is 0 Å². The fraction of sp³-hybridized carbons (Fsp3) is 0.643. The Morgan fingerprint density at radius 1 is 1.24 bits per heavy atom. The zero-order valence-electron chi connectivity index (χ0n) is 12.5. The lowest BCUT2D eigenvalue weighted by atomic mass is 10.1. The summed E-state index contributed by atoms with van der Waals surface area (Å²) >= 11 is 0. The van der Waals surface area contributed by atoms with Gasteiger partial charge >= 0.3 is 5.69 Å². The topological polar surface area (TPSA) is 73.8 Å². The van der Waals surface area contributed by atoms with Gasteiger partial charge in [-0.15, -0.1) is 0 Å². The SMILES string of the molecule is CCn1cnc2c1c(=O)n(C1CCNCC1)c(=O)n2CC. The van der Waals surface area contributed by atoms with Gasteiger partial charge < -0.3 is 9.88 Å². The lowest BCUT2D eigenvalue weighted by molar-refractivity contribution is 0.345. The van der Waals surface area contributed by atoms with Crippen LogP contribution in [0.5, 0.6) is 0 Å². The molecule has 0 atom stereocenters. The van der Waals surface area contributed by atoms with Crippen molar-refractivity contribution in [2.24, 2.45) is 0 Å². The number of rotatable bonds is 3. The van der Waals surface area contributed by atoms with E-state index in [9.17, 15) is 9.59 Å².